The molecule has 0 spiro atoms. The van der Waals surface area contributed by atoms with Crippen LogP contribution in [0.15, 0.2) is 42.5 Å². The number of hydrogen-bond donors (Lipinski definition) is 1. The normalized spacial score (nSPS) is 13.8. The van der Waals surface area contributed by atoms with E-state index in [0.29, 0.717) is 27.4 Å². The number of halogens is 1. The number of imide groups is 1. The standard InChI is InChI=1S/C21H19ClN2O5/c1-12-16(22)8-5-9-17(12)23-19(26)13(2)29-18(25)10-11-24-20(27)14-6-3-4-7-15(14)21(24)28/h3-9,13H,10-11H2,1-2H3,(H,23,26). The van der Waals surface area contributed by atoms with Crippen molar-refractivity contribution in [2.75, 3.05) is 11.9 Å². The molecule has 0 radical (unpaired) electrons. The summed E-state index contributed by atoms with van der Waals surface area (Å²) in [5, 5.41) is 3.17. The molecule has 1 unspecified atom stereocenters. The highest BCUT2D eigenvalue weighted by molar-refractivity contribution is 6.31. The summed E-state index contributed by atoms with van der Waals surface area (Å²) in [4.78, 5) is 50.0. The van der Waals surface area contributed by atoms with E-state index in [2.05, 4.69) is 5.32 Å². The molecule has 0 saturated carbocycles. The average Bonchev–Trinajstić information content (AvgIpc) is 2.94. The third kappa shape index (κ3) is 4.30. The minimum atomic E-state index is -1.05. The Morgan fingerprint density at radius 3 is 2.31 bits per heavy atom. The highest BCUT2D eigenvalue weighted by atomic mass is 35.5. The fraction of sp³-hybridized carbons (Fsp3) is 0.238. The van der Waals surface area contributed by atoms with Crippen LogP contribution in [0.1, 0.15) is 39.6 Å². The Bertz CT molecular complexity index is 969. The lowest BCUT2D eigenvalue weighted by atomic mass is 10.1. The molecule has 3 amide bonds. The van der Waals surface area contributed by atoms with Gasteiger partial charge in [0.15, 0.2) is 6.10 Å². The maximum absolute atomic E-state index is 12.3. The number of hydrogen-bond acceptors (Lipinski definition) is 5. The van der Waals surface area contributed by atoms with E-state index in [1.807, 2.05) is 0 Å². The van der Waals surface area contributed by atoms with E-state index in [-0.39, 0.29) is 13.0 Å². The largest absolute Gasteiger partial charge is 0.452 e. The lowest BCUT2D eigenvalue weighted by molar-refractivity contribution is -0.153. The van der Waals surface area contributed by atoms with E-state index >= 15 is 0 Å². The minimum Gasteiger partial charge on any atom is -0.452 e. The van der Waals surface area contributed by atoms with Crippen molar-refractivity contribution in [1.29, 1.82) is 0 Å². The summed E-state index contributed by atoms with van der Waals surface area (Å²) in [5.74, 6) is -2.09. The maximum atomic E-state index is 12.3. The Morgan fingerprint density at radius 2 is 1.69 bits per heavy atom. The van der Waals surface area contributed by atoms with Crippen LogP contribution in [0.25, 0.3) is 0 Å². The van der Waals surface area contributed by atoms with Gasteiger partial charge in [0.1, 0.15) is 0 Å². The van der Waals surface area contributed by atoms with Crippen LogP contribution in [0.3, 0.4) is 0 Å². The fourth-order valence-electron chi connectivity index (χ4n) is 2.93. The van der Waals surface area contributed by atoms with Gasteiger partial charge in [-0.05, 0) is 43.7 Å². The number of carbonyl (C=O) groups is 4. The van der Waals surface area contributed by atoms with Gasteiger partial charge in [-0.3, -0.25) is 24.1 Å². The lowest BCUT2D eigenvalue weighted by Crippen LogP contribution is -2.34. The first-order valence-electron chi connectivity index (χ1n) is 9.00. The monoisotopic (exact) mass is 414 g/mol. The van der Waals surface area contributed by atoms with Crippen LogP contribution in [0.5, 0.6) is 0 Å². The van der Waals surface area contributed by atoms with Gasteiger partial charge in [-0.25, -0.2) is 0 Å². The molecule has 0 fully saturated rings. The van der Waals surface area contributed by atoms with E-state index in [0.717, 1.165) is 4.90 Å². The maximum Gasteiger partial charge on any atom is 0.308 e. The molecule has 1 heterocycles. The van der Waals surface area contributed by atoms with Crippen LogP contribution in [-0.2, 0) is 14.3 Å². The summed E-state index contributed by atoms with van der Waals surface area (Å²) in [6.07, 6.45) is -1.26. The van der Waals surface area contributed by atoms with Crippen molar-refractivity contribution < 1.29 is 23.9 Å². The molecule has 0 aliphatic carbocycles. The van der Waals surface area contributed by atoms with Gasteiger partial charge < -0.3 is 10.1 Å². The molecule has 0 aromatic heterocycles. The Hall–Kier alpha value is -3.19. The van der Waals surface area contributed by atoms with E-state index in [9.17, 15) is 19.2 Å². The molecule has 0 saturated heterocycles. The highest BCUT2D eigenvalue weighted by Crippen LogP contribution is 2.24. The van der Waals surface area contributed by atoms with Crippen molar-refractivity contribution in [3.8, 4) is 0 Å². The molecule has 0 bridgehead atoms. The van der Waals surface area contributed by atoms with Crippen LogP contribution in [0, 0.1) is 6.92 Å². The second-order valence-electron chi connectivity index (χ2n) is 6.59. The summed E-state index contributed by atoms with van der Waals surface area (Å²) in [6, 6.07) is 11.6. The van der Waals surface area contributed by atoms with Gasteiger partial charge >= 0.3 is 5.97 Å². The molecule has 1 atom stereocenters. The number of nitrogens with zero attached hydrogens (tertiary/aromatic N) is 1. The summed E-state index contributed by atoms with van der Waals surface area (Å²) < 4.78 is 5.13. The highest BCUT2D eigenvalue weighted by Gasteiger charge is 2.35. The molecular formula is C21H19ClN2O5. The summed E-state index contributed by atoms with van der Waals surface area (Å²) in [7, 11) is 0. The first-order valence-corrected chi connectivity index (χ1v) is 9.38. The zero-order valence-corrected chi connectivity index (χ0v) is 16.7. The van der Waals surface area contributed by atoms with Gasteiger partial charge in [0.05, 0.1) is 17.5 Å². The zero-order chi connectivity index (χ0) is 21.1. The van der Waals surface area contributed by atoms with Crippen LogP contribution >= 0.6 is 11.6 Å². The van der Waals surface area contributed by atoms with Gasteiger partial charge in [-0.15, -0.1) is 0 Å². The SMILES string of the molecule is Cc1c(Cl)cccc1NC(=O)C(C)OC(=O)CCN1C(=O)c2ccccc2C1=O. The molecule has 7 nitrogen and oxygen atoms in total. The van der Waals surface area contributed by atoms with Crippen molar-refractivity contribution in [2.24, 2.45) is 0 Å². The third-order valence-corrected chi connectivity index (χ3v) is 5.03. The smallest absolute Gasteiger partial charge is 0.308 e. The predicted molar refractivity (Wildman–Crippen MR) is 107 cm³/mol. The lowest BCUT2D eigenvalue weighted by Gasteiger charge is -2.17. The van der Waals surface area contributed by atoms with Crippen LogP contribution in [-0.4, -0.2) is 41.2 Å². The molecule has 29 heavy (non-hydrogen) atoms. The van der Waals surface area contributed by atoms with Gasteiger partial charge in [0.2, 0.25) is 0 Å². The quantitative estimate of drug-likeness (QED) is 0.578. The van der Waals surface area contributed by atoms with E-state index in [1.54, 1.807) is 49.4 Å². The van der Waals surface area contributed by atoms with E-state index in [4.69, 9.17) is 16.3 Å². The van der Waals surface area contributed by atoms with E-state index in [1.165, 1.54) is 6.92 Å². The second kappa shape index (κ2) is 8.45. The number of rotatable bonds is 6. The summed E-state index contributed by atoms with van der Waals surface area (Å²) in [5.41, 5.74) is 1.86. The van der Waals surface area contributed by atoms with Crippen LogP contribution in [0.2, 0.25) is 5.02 Å². The van der Waals surface area contributed by atoms with Crippen molar-refractivity contribution >= 4 is 41.0 Å². The third-order valence-electron chi connectivity index (χ3n) is 4.62. The average molecular weight is 415 g/mol. The summed E-state index contributed by atoms with van der Waals surface area (Å²) >= 11 is 6.03. The number of nitrogens with one attached hydrogen (secondary N) is 1. The number of fused-ring (bicyclic) bond motifs is 1. The zero-order valence-electron chi connectivity index (χ0n) is 15.9. The van der Waals surface area contributed by atoms with Gasteiger partial charge in [0, 0.05) is 17.3 Å². The molecule has 8 heteroatoms. The van der Waals surface area contributed by atoms with Crippen molar-refractivity contribution in [1.82, 2.24) is 4.90 Å². The molecule has 1 N–H and O–H groups in total. The minimum absolute atomic E-state index is 0.118. The number of ether oxygens (including phenoxy) is 1. The summed E-state index contributed by atoms with van der Waals surface area (Å²) in [6.45, 7) is 3.08. The molecule has 1 aliphatic heterocycles. The molecule has 150 valence electrons. The van der Waals surface area contributed by atoms with Crippen molar-refractivity contribution in [3.05, 3.63) is 64.2 Å². The molecular weight excluding hydrogens is 396 g/mol. The number of benzene rings is 2. The van der Waals surface area contributed by atoms with Gasteiger partial charge in [-0.1, -0.05) is 29.8 Å². The van der Waals surface area contributed by atoms with Gasteiger partial charge in [0.25, 0.3) is 17.7 Å². The first kappa shape index (κ1) is 20.5. The van der Waals surface area contributed by atoms with Crippen LogP contribution in [0.4, 0.5) is 5.69 Å². The predicted octanol–water partition coefficient (Wildman–Crippen LogP) is 3.20. The van der Waals surface area contributed by atoms with Crippen molar-refractivity contribution in [2.45, 2.75) is 26.4 Å². The Balaban J connectivity index is 1.53. The Labute approximate surface area is 172 Å². The number of amides is 3. The topological polar surface area (TPSA) is 92.8 Å². The number of anilines is 1. The molecule has 3 rings (SSSR count). The number of esters is 1. The second-order valence-corrected chi connectivity index (χ2v) is 7.00. The molecule has 2 aromatic rings. The molecule has 1 aliphatic rings. The Kier molecular flexibility index (Phi) is 5.98. The van der Waals surface area contributed by atoms with Crippen molar-refractivity contribution in [3.63, 3.8) is 0 Å². The number of carbonyl (C=O) groups excluding carboxylic acids is 4. The molecule has 2 aromatic carbocycles. The first-order chi connectivity index (χ1) is 13.8. The van der Waals surface area contributed by atoms with E-state index < -0.39 is 29.8 Å². The Morgan fingerprint density at radius 1 is 1.07 bits per heavy atom. The van der Waals surface area contributed by atoms with Gasteiger partial charge in [-0.2, -0.15) is 0 Å². The fourth-order valence-corrected chi connectivity index (χ4v) is 3.11. The van der Waals surface area contributed by atoms with Crippen LogP contribution < -0.4 is 5.32 Å².